The predicted molar refractivity (Wildman–Crippen MR) is 68.7 cm³/mol. The number of anilines is 1. The summed E-state index contributed by atoms with van der Waals surface area (Å²) in [5.74, 6) is 1.18. The molecule has 2 aliphatic rings. The SMILES string of the molecule is CN(c1ccccc1)[C@@H]1/C(=N\O)[C@H]2CC[C@H]1C2. The second kappa shape index (κ2) is 4.06. The zero-order chi connectivity index (χ0) is 11.8. The van der Waals surface area contributed by atoms with Gasteiger partial charge in [0.1, 0.15) is 0 Å². The molecule has 3 rings (SSSR count). The van der Waals surface area contributed by atoms with Gasteiger partial charge >= 0.3 is 0 Å². The summed E-state index contributed by atoms with van der Waals surface area (Å²) in [6, 6.07) is 10.6. The van der Waals surface area contributed by atoms with Crippen LogP contribution in [0, 0.1) is 11.8 Å². The Morgan fingerprint density at radius 2 is 2.00 bits per heavy atom. The molecule has 0 spiro atoms. The molecule has 0 aliphatic heterocycles. The monoisotopic (exact) mass is 230 g/mol. The number of benzene rings is 1. The van der Waals surface area contributed by atoms with E-state index in [1.165, 1.54) is 24.9 Å². The minimum Gasteiger partial charge on any atom is -0.411 e. The molecule has 0 saturated heterocycles. The van der Waals surface area contributed by atoms with Crippen LogP contribution in [0.15, 0.2) is 35.5 Å². The molecule has 0 amide bonds. The van der Waals surface area contributed by atoms with Gasteiger partial charge in [-0.05, 0) is 37.3 Å². The van der Waals surface area contributed by atoms with Gasteiger partial charge in [-0.3, -0.25) is 0 Å². The number of oxime groups is 1. The van der Waals surface area contributed by atoms with E-state index in [-0.39, 0.29) is 0 Å². The van der Waals surface area contributed by atoms with Crippen LogP contribution in [0.2, 0.25) is 0 Å². The third-order valence-electron chi connectivity index (χ3n) is 4.34. The quantitative estimate of drug-likeness (QED) is 0.626. The highest BCUT2D eigenvalue weighted by Gasteiger charge is 2.47. The summed E-state index contributed by atoms with van der Waals surface area (Å²) < 4.78 is 0. The molecule has 3 nitrogen and oxygen atoms in total. The first-order valence-electron chi connectivity index (χ1n) is 6.31. The van der Waals surface area contributed by atoms with Gasteiger partial charge in [-0.25, -0.2) is 0 Å². The number of hydrogen-bond donors (Lipinski definition) is 1. The van der Waals surface area contributed by atoms with E-state index >= 15 is 0 Å². The smallest absolute Gasteiger partial charge is 0.0828 e. The molecule has 0 aromatic heterocycles. The van der Waals surface area contributed by atoms with Crippen molar-refractivity contribution in [2.24, 2.45) is 17.0 Å². The van der Waals surface area contributed by atoms with Gasteiger partial charge in [0.05, 0.1) is 11.8 Å². The highest BCUT2D eigenvalue weighted by Crippen LogP contribution is 2.45. The Balaban J connectivity index is 1.89. The van der Waals surface area contributed by atoms with Crippen molar-refractivity contribution in [2.75, 3.05) is 11.9 Å². The van der Waals surface area contributed by atoms with E-state index in [1.54, 1.807) is 0 Å². The van der Waals surface area contributed by atoms with Crippen LogP contribution in [0.4, 0.5) is 5.69 Å². The molecule has 1 aromatic carbocycles. The molecule has 1 aromatic rings. The molecule has 0 unspecified atom stereocenters. The third kappa shape index (κ3) is 1.61. The van der Waals surface area contributed by atoms with Crippen LogP contribution < -0.4 is 4.90 Å². The van der Waals surface area contributed by atoms with Crippen molar-refractivity contribution in [1.82, 2.24) is 0 Å². The maximum Gasteiger partial charge on any atom is 0.0828 e. The summed E-state index contributed by atoms with van der Waals surface area (Å²) in [6.07, 6.45) is 3.66. The number of para-hydroxylation sites is 1. The highest BCUT2D eigenvalue weighted by atomic mass is 16.4. The van der Waals surface area contributed by atoms with Crippen LogP contribution in [-0.4, -0.2) is 24.0 Å². The van der Waals surface area contributed by atoms with E-state index in [0.717, 1.165) is 5.71 Å². The van der Waals surface area contributed by atoms with Gasteiger partial charge in [0.15, 0.2) is 0 Å². The topological polar surface area (TPSA) is 35.8 Å². The Kier molecular flexibility index (Phi) is 2.54. The standard InChI is InChI=1S/C14H18N2O/c1-16(12-5-3-2-4-6-12)14-11-8-7-10(9-11)13(14)15-17/h2-6,10-11,14,17H,7-9H2,1H3/b15-13-/t10-,11-,14-/m0/s1. The number of rotatable bonds is 2. The summed E-state index contributed by atoms with van der Waals surface area (Å²) in [6.45, 7) is 0. The summed E-state index contributed by atoms with van der Waals surface area (Å²) >= 11 is 0. The maximum atomic E-state index is 9.22. The Morgan fingerprint density at radius 1 is 1.24 bits per heavy atom. The number of nitrogens with zero attached hydrogens (tertiary/aromatic N) is 2. The van der Waals surface area contributed by atoms with Crippen molar-refractivity contribution in [2.45, 2.75) is 25.3 Å². The molecule has 2 fully saturated rings. The van der Waals surface area contributed by atoms with E-state index in [0.29, 0.717) is 17.9 Å². The fourth-order valence-corrected chi connectivity index (χ4v) is 3.53. The molecule has 90 valence electrons. The fraction of sp³-hybridized carbons (Fsp3) is 0.500. The molecular weight excluding hydrogens is 212 g/mol. The number of fused-ring (bicyclic) bond motifs is 2. The van der Waals surface area contributed by atoms with Crippen molar-refractivity contribution in [3.05, 3.63) is 30.3 Å². The maximum absolute atomic E-state index is 9.22. The summed E-state index contributed by atoms with van der Waals surface area (Å²) in [5.41, 5.74) is 2.19. The zero-order valence-electron chi connectivity index (χ0n) is 10.1. The lowest BCUT2D eigenvalue weighted by molar-refractivity contribution is 0.311. The molecule has 17 heavy (non-hydrogen) atoms. The average molecular weight is 230 g/mol. The minimum atomic E-state index is 0.293. The first-order chi connectivity index (χ1) is 8.31. The van der Waals surface area contributed by atoms with E-state index < -0.39 is 0 Å². The Bertz CT molecular complexity index is 429. The van der Waals surface area contributed by atoms with Crippen LogP contribution in [0.1, 0.15) is 19.3 Å². The Morgan fingerprint density at radius 3 is 2.71 bits per heavy atom. The van der Waals surface area contributed by atoms with Crippen molar-refractivity contribution in [3.8, 4) is 0 Å². The Labute approximate surface area is 102 Å². The van der Waals surface area contributed by atoms with Crippen molar-refractivity contribution in [1.29, 1.82) is 0 Å². The minimum absolute atomic E-state index is 0.293. The molecule has 0 heterocycles. The summed E-state index contributed by atoms with van der Waals surface area (Å²) in [5, 5.41) is 12.8. The molecule has 1 N–H and O–H groups in total. The number of hydrogen-bond acceptors (Lipinski definition) is 3. The van der Waals surface area contributed by atoms with Gasteiger partial charge < -0.3 is 10.1 Å². The van der Waals surface area contributed by atoms with E-state index in [2.05, 4.69) is 41.4 Å². The molecule has 3 atom stereocenters. The van der Waals surface area contributed by atoms with Crippen LogP contribution in [0.3, 0.4) is 0 Å². The fourth-order valence-electron chi connectivity index (χ4n) is 3.53. The van der Waals surface area contributed by atoms with Crippen LogP contribution in [0.5, 0.6) is 0 Å². The highest BCUT2D eigenvalue weighted by molar-refractivity contribution is 5.96. The second-order valence-electron chi connectivity index (χ2n) is 5.19. The summed E-state index contributed by atoms with van der Waals surface area (Å²) in [7, 11) is 2.10. The van der Waals surface area contributed by atoms with E-state index in [9.17, 15) is 5.21 Å². The Hall–Kier alpha value is -1.51. The van der Waals surface area contributed by atoms with Crippen molar-refractivity contribution >= 4 is 11.4 Å². The largest absolute Gasteiger partial charge is 0.411 e. The average Bonchev–Trinajstić information content (AvgIpc) is 2.98. The lowest BCUT2D eigenvalue weighted by atomic mass is 9.92. The summed E-state index contributed by atoms with van der Waals surface area (Å²) in [4.78, 5) is 2.26. The van der Waals surface area contributed by atoms with Crippen LogP contribution >= 0.6 is 0 Å². The molecule has 2 saturated carbocycles. The molecule has 0 radical (unpaired) electrons. The van der Waals surface area contributed by atoms with Gasteiger partial charge in [0.25, 0.3) is 0 Å². The van der Waals surface area contributed by atoms with E-state index in [1.807, 2.05) is 6.07 Å². The first kappa shape index (κ1) is 10.6. The van der Waals surface area contributed by atoms with Crippen molar-refractivity contribution in [3.63, 3.8) is 0 Å². The van der Waals surface area contributed by atoms with Gasteiger partial charge in [0, 0.05) is 18.7 Å². The van der Waals surface area contributed by atoms with Gasteiger partial charge in [0.2, 0.25) is 0 Å². The van der Waals surface area contributed by atoms with Gasteiger partial charge in [-0.1, -0.05) is 23.4 Å². The van der Waals surface area contributed by atoms with Gasteiger partial charge in [-0.2, -0.15) is 0 Å². The van der Waals surface area contributed by atoms with E-state index in [4.69, 9.17) is 0 Å². The van der Waals surface area contributed by atoms with Crippen molar-refractivity contribution < 1.29 is 5.21 Å². The first-order valence-corrected chi connectivity index (χ1v) is 6.31. The van der Waals surface area contributed by atoms with Crippen LogP contribution in [0.25, 0.3) is 0 Å². The van der Waals surface area contributed by atoms with Gasteiger partial charge in [-0.15, -0.1) is 0 Å². The molecule has 3 heteroatoms. The zero-order valence-corrected chi connectivity index (χ0v) is 10.1. The third-order valence-corrected chi connectivity index (χ3v) is 4.34. The molecule has 2 bridgehead atoms. The second-order valence-corrected chi connectivity index (χ2v) is 5.19. The predicted octanol–water partition coefficient (Wildman–Crippen LogP) is 2.75. The molecular formula is C14H18N2O. The lowest BCUT2D eigenvalue weighted by Gasteiger charge is -2.33. The van der Waals surface area contributed by atoms with Crippen LogP contribution in [-0.2, 0) is 0 Å². The molecule has 2 aliphatic carbocycles. The lowest BCUT2D eigenvalue weighted by Crippen LogP contribution is -2.42. The normalized spacial score (nSPS) is 33.2.